The van der Waals surface area contributed by atoms with E-state index in [1.165, 1.54) is 42.4 Å². The van der Waals surface area contributed by atoms with Crippen molar-refractivity contribution in [2.45, 2.75) is 17.6 Å². The maximum atomic E-state index is 12.2. The van der Waals surface area contributed by atoms with Crippen LogP contribution in [0.5, 0.6) is 0 Å². The van der Waals surface area contributed by atoms with Crippen LogP contribution in [0.25, 0.3) is 0 Å². The maximum Gasteiger partial charge on any atom is 0.251 e. The van der Waals surface area contributed by atoms with Gasteiger partial charge in [0.1, 0.15) is 0 Å². The van der Waals surface area contributed by atoms with Crippen LogP contribution in [0.2, 0.25) is 0 Å². The molecular weight excluding hydrogens is 356 g/mol. The van der Waals surface area contributed by atoms with Crippen LogP contribution in [0.3, 0.4) is 0 Å². The Morgan fingerprint density at radius 2 is 1.68 bits per heavy atom. The lowest BCUT2D eigenvalue weighted by Gasteiger charge is -2.08. The Kier molecular flexibility index (Phi) is 7.04. The molecule has 0 heterocycles. The molecule has 0 aliphatic heterocycles. The first-order valence-electron chi connectivity index (χ1n) is 7.87. The van der Waals surface area contributed by atoms with Crippen molar-refractivity contribution < 1.29 is 13.2 Å². The van der Waals surface area contributed by atoms with E-state index in [9.17, 15) is 13.2 Å². The van der Waals surface area contributed by atoms with Crippen molar-refractivity contribution in [2.24, 2.45) is 0 Å². The highest BCUT2D eigenvalue weighted by Gasteiger charge is 2.14. The van der Waals surface area contributed by atoms with Gasteiger partial charge in [0.05, 0.1) is 4.90 Å². The van der Waals surface area contributed by atoms with Crippen molar-refractivity contribution in [3.8, 4) is 0 Å². The van der Waals surface area contributed by atoms with E-state index in [2.05, 4.69) is 34.3 Å². The molecule has 2 aromatic rings. The number of thioether (sulfide) groups is 1. The van der Waals surface area contributed by atoms with Crippen molar-refractivity contribution in [2.75, 3.05) is 19.3 Å². The summed E-state index contributed by atoms with van der Waals surface area (Å²) in [5.41, 5.74) is 2.88. The molecule has 0 atom stereocenters. The topological polar surface area (TPSA) is 75.3 Å². The average Bonchev–Trinajstić information content (AvgIpc) is 2.62. The number of rotatable bonds is 8. The largest absolute Gasteiger partial charge is 0.355 e. The SMILES string of the molecule is CNC(=O)c1ccc(S(=O)(=O)NCCSCc2ccc(C)cc2)cc1. The van der Waals surface area contributed by atoms with E-state index < -0.39 is 10.0 Å². The van der Waals surface area contributed by atoms with Crippen LogP contribution < -0.4 is 10.0 Å². The molecule has 0 spiro atoms. The molecule has 0 aromatic heterocycles. The minimum absolute atomic E-state index is 0.156. The third-order valence-corrected chi connectivity index (χ3v) is 6.09. The van der Waals surface area contributed by atoms with Crippen LogP contribution in [0, 0.1) is 6.92 Å². The molecule has 0 fully saturated rings. The Morgan fingerprint density at radius 3 is 2.28 bits per heavy atom. The van der Waals surface area contributed by atoms with E-state index >= 15 is 0 Å². The van der Waals surface area contributed by atoms with E-state index in [4.69, 9.17) is 0 Å². The van der Waals surface area contributed by atoms with Crippen LogP contribution >= 0.6 is 11.8 Å². The molecule has 0 saturated heterocycles. The first-order valence-corrected chi connectivity index (χ1v) is 10.5. The standard InChI is InChI=1S/C18H22N2O3S2/c1-14-3-5-15(6-4-14)13-24-12-11-20-25(22,23)17-9-7-16(8-10-17)18(21)19-2/h3-10,20H,11-13H2,1-2H3,(H,19,21). The van der Waals surface area contributed by atoms with Gasteiger partial charge in [-0.3, -0.25) is 4.79 Å². The van der Waals surface area contributed by atoms with Gasteiger partial charge in [-0.05, 0) is 36.8 Å². The van der Waals surface area contributed by atoms with Crippen molar-refractivity contribution in [1.29, 1.82) is 0 Å². The van der Waals surface area contributed by atoms with Crippen molar-refractivity contribution in [1.82, 2.24) is 10.0 Å². The van der Waals surface area contributed by atoms with Crippen molar-refractivity contribution >= 4 is 27.7 Å². The van der Waals surface area contributed by atoms with Gasteiger partial charge >= 0.3 is 0 Å². The highest BCUT2D eigenvalue weighted by molar-refractivity contribution is 7.98. The molecule has 0 bridgehead atoms. The van der Waals surface area contributed by atoms with E-state index in [-0.39, 0.29) is 10.8 Å². The second-order valence-electron chi connectivity index (χ2n) is 5.54. The fourth-order valence-corrected chi connectivity index (χ4v) is 4.12. The first-order chi connectivity index (χ1) is 11.9. The molecule has 0 saturated carbocycles. The first kappa shape index (κ1) is 19.5. The third kappa shape index (κ3) is 5.88. The Morgan fingerprint density at radius 1 is 1.04 bits per heavy atom. The number of amides is 1. The summed E-state index contributed by atoms with van der Waals surface area (Å²) in [7, 11) is -2.02. The van der Waals surface area contributed by atoms with Gasteiger partial charge in [-0.25, -0.2) is 13.1 Å². The predicted octanol–water partition coefficient (Wildman–Crippen LogP) is 2.57. The van der Waals surface area contributed by atoms with Gasteiger partial charge in [-0.1, -0.05) is 29.8 Å². The van der Waals surface area contributed by atoms with Crippen LogP contribution in [0.1, 0.15) is 21.5 Å². The number of hydrogen-bond acceptors (Lipinski definition) is 4. The Labute approximate surface area is 153 Å². The molecule has 25 heavy (non-hydrogen) atoms. The van der Waals surface area contributed by atoms with Gasteiger partial charge in [-0.2, -0.15) is 11.8 Å². The molecule has 0 radical (unpaired) electrons. The van der Waals surface area contributed by atoms with Gasteiger partial charge in [0.15, 0.2) is 0 Å². The normalized spacial score (nSPS) is 11.3. The highest BCUT2D eigenvalue weighted by Crippen LogP contribution is 2.14. The van der Waals surface area contributed by atoms with E-state index in [1.807, 2.05) is 6.92 Å². The quantitative estimate of drug-likeness (QED) is 0.692. The van der Waals surface area contributed by atoms with Crippen LogP contribution in [-0.4, -0.2) is 33.7 Å². The van der Waals surface area contributed by atoms with Crippen LogP contribution in [-0.2, 0) is 15.8 Å². The molecule has 134 valence electrons. The van der Waals surface area contributed by atoms with Crippen LogP contribution in [0.15, 0.2) is 53.4 Å². The molecule has 5 nitrogen and oxygen atoms in total. The average molecular weight is 379 g/mol. The third-order valence-electron chi connectivity index (χ3n) is 3.58. The molecule has 1 amide bonds. The lowest BCUT2D eigenvalue weighted by atomic mass is 10.2. The number of nitrogens with one attached hydrogen (secondary N) is 2. The summed E-state index contributed by atoms with van der Waals surface area (Å²) < 4.78 is 27.0. The number of sulfonamides is 1. The number of carbonyl (C=O) groups is 1. The smallest absolute Gasteiger partial charge is 0.251 e. The Hall–Kier alpha value is -1.83. The molecule has 2 aromatic carbocycles. The Bertz CT molecular complexity index is 801. The van der Waals surface area contributed by atoms with Crippen LogP contribution in [0.4, 0.5) is 0 Å². The van der Waals surface area contributed by atoms with E-state index in [0.717, 1.165) is 5.75 Å². The number of benzene rings is 2. The minimum atomic E-state index is -3.56. The van der Waals surface area contributed by atoms with E-state index in [0.29, 0.717) is 17.9 Å². The molecular formula is C18H22N2O3S2. The minimum Gasteiger partial charge on any atom is -0.355 e. The Balaban J connectivity index is 1.80. The van der Waals surface area contributed by atoms with Gasteiger partial charge < -0.3 is 5.32 Å². The molecule has 2 N–H and O–H groups in total. The van der Waals surface area contributed by atoms with Crippen molar-refractivity contribution in [3.63, 3.8) is 0 Å². The summed E-state index contributed by atoms with van der Waals surface area (Å²) >= 11 is 1.68. The number of carbonyl (C=O) groups excluding carboxylic acids is 1. The second kappa shape index (κ2) is 9.03. The fourth-order valence-electron chi connectivity index (χ4n) is 2.14. The highest BCUT2D eigenvalue weighted by atomic mass is 32.2. The summed E-state index contributed by atoms with van der Waals surface area (Å²) in [6.45, 7) is 2.41. The summed E-state index contributed by atoms with van der Waals surface area (Å²) in [6, 6.07) is 14.2. The summed E-state index contributed by atoms with van der Waals surface area (Å²) in [5.74, 6) is 1.29. The molecule has 0 aliphatic carbocycles. The summed E-state index contributed by atoms with van der Waals surface area (Å²) in [6.07, 6.45) is 0. The molecule has 2 rings (SSSR count). The van der Waals surface area contributed by atoms with Gasteiger partial charge in [0, 0.05) is 30.7 Å². The number of hydrogen-bond donors (Lipinski definition) is 2. The molecule has 0 unspecified atom stereocenters. The zero-order chi connectivity index (χ0) is 18.3. The lowest BCUT2D eigenvalue weighted by molar-refractivity contribution is 0.0963. The zero-order valence-corrected chi connectivity index (χ0v) is 15.9. The fraction of sp³-hybridized carbons (Fsp3) is 0.278. The molecule has 0 aliphatic rings. The van der Waals surface area contributed by atoms with Gasteiger partial charge in [-0.15, -0.1) is 0 Å². The summed E-state index contributed by atoms with van der Waals surface area (Å²) in [5, 5.41) is 2.50. The van der Waals surface area contributed by atoms with E-state index in [1.54, 1.807) is 11.8 Å². The monoisotopic (exact) mass is 378 g/mol. The maximum absolute atomic E-state index is 12.2. The van der Waals surface area contributed by atoms with Gasteiger partial charge in [0.25, 0.3) is 5.91 Å². The second-order valence-corrected chi connectivity index (χ2v) is 8.41. The summed E-state index contributed by atoms with van der Waals surface area (Å²) in [4.78, 5) is 11.6. The van der Waals surface area contributed by atoms with Gasteiger partial charge in [0.2, 0.25) is 10.0 Å². The zero-order valence-electron chi connectivity index (χ0n) is 14.3. The predicted molar refractivity (Wildman–Crippen MR) is 102 cm³/mol. The lowest BCUT2D eigenvalue weighted by Crippen LogP contribution is -2.26. The molecule has 7 heteroatoms. The van der Waals surface area contributed by atoms with Crippen molar-refractivity contribution in [3.05, 3.63) is 65.2 Å². The number of aryl methyl sites for hydroxylation is 1.